The Hall–Kier alpha value is -4.44. The summed E-state index contributed by atoms with van der Waals surface area (Å²) < 4.78 is 9.20. The molecule has 10 nitrogen and oxygen atoms in total. The number of rotatable bonds is 7. The van der Waals surface area contributed by atoms with E-state index in [9.17, 15) is 9.59 Å². The van der Waals surface area contributed by atoms with Crippen LogP contribution < -0.4 is 16.2 Å². The lowest BCUT2D eigenvalue weighted by Gasteiger charge is -2.31. The van der Waals surface area contributed by atoms with Gasteiger partial charge in [-0.05, 0) is 70.3 Å². The number of nitrogen functional groups attached to an aromatic ring is 1. The number of aromatic nitrogens is 4. The van der Waals surface area contributed by atoms with Gasteiger partial charge < -0.3 is 20.3 Å². The molecule has 3 heterocycles. The van der Waals surface area contributed by atoms with Crippen LogP contribution in [0.3, 0.4) is 0 Å². The Morgan fingerprint density at radius 1 is 1.05 bits per heavy atom. The van der Waals surface area contributed by atoms with E-state index in [-0.39, 0.29) is 23.5 Å². The first kappa shape index (κ1) is 26.2. The van der Waals surface area contributed by atoms with Crippen LogP contribution >= 0.6 is 0 Å². The van der Waals surface area contributed by atoms with Crippen LogP contribution in [0.1, 0.15) is 24.7 Å². The SMILES string of the molecule is Cc1nc(N)c2c(n1)n(C1CCN(C(=O)/C=C/CN(C)C)CC1)c(=O)n2-c1ccc(Oc2ccccc2)cc1. The molecule has 0 unspecified atom stereocenters. The van der Waals surface area contributed by atoms with Crippen molar-refractivity contribution in [1.82, 2.24) is 28.9 Å². The molecule has 0 saturated carbocycles. The van der Waals surface area contributed by atoms with Gasteiger partial charge >= 0.3 is 5.69 Å². The third kappa shape index (κ3) is 5.56. The van der Waals surface area contributed by atoms with E-state index in [2.05, 4.69) is 9.97 Å². The Balaban J connectivity index is 1.44. The minimum Gasteiger partial charge on any atom is -0.457 e. The van der Waals surface area contributed by atoms with Gasteiger partial charge in [0, 0.05) is 31.8 Å². The van der Waals surface area contributed by atoms with Gasteiger partial charge in [-0.1, -0.05) is 24.3 Å². The molecule has 1 amide bonds. The van der Waals surface area contributed by atoms with Crippen LogP contribution in [0, 0.1) is 6.92 Å². The van der Waals surface area contributed by atoms with Crippen LogP contribution in [0.25, 0.3) is 16.9 Å². The molecule has 202 valence electrons. The minimum atomic E-state index is -0.232. The number of nitrogens with zero attached hydrogens (tertiary/aromatic N) is 6. The van der Waals surface area contributed by atoms with E-state index < -0.39 is 0 Å². The molecule has 2 N–H and O–H groups in total. The maximum atomic E-state index is 13.9. The number of amides is 1. The van der Waals surface area contributed by atoms with E-state index in [4.69, 9.17) is 10.5 Å². The molecule has 2 aromatic carbocycles. The number of carbonyl (C=O) groups is 1. The predicted octanol–water partition coefficient (Wildman–Crippen LogP) is 3.55. The number of hydrogen-bond donors (Lipinski definition) is 1. The van der Waals surface area contributed by atoms with Gasteiger partial charge in [0.1, 0.15) is 22.8 Å². The summed E-state index contributed by atoms with van der Waals surface area (Å²) >= 11 is 0. The lowest BCUT2D eigenvalue weighted by atomic mass is 10.0. The van der Waals surface area contributed by atoms with Crippen LogP contribution in [-0.4, -0.2) is 68.5 Å². The van der Waals surface area contributed by atoms with Crippen molar-refractivity contribution in [3.63, 3.8) is 0 Å². The number of aryl methyl sites for hydroxylation is 1. The van der Waals surface area contributed by atoms with Crippen molar-refractivity contribution in [3.8, 4) is 17.2 Å². The number of anilines is 1. The number of carbonyl (C=O) groups excluding carboxylic acids is 1. The number of hydrogen-bond acceptors (Lipinski definition) is 7. The molecular formula is C29H33N7O3. The van der Waals surface area contributed by atoms with E-state index in [1.807, 2.05) is 84.6 Å². The number of likely N-dealkylation sites (tertiary alicyclic amines) is 1. The van der Waals surface area contributed by atoms with Gasteiger partial charge in [-0.25, -0.2) is 14.8 Å². The summed E-state index contributed by atoms with van der Waals surface area (Å²) in [6, 6.07) is 16.7. The summed E-state index contributed by atoms with van der Waals surface area (Å²) in [4.78, 5) is 39.3. The number of para-hydroxylation sites is 1. The second kappa shape index (κ2) is 11.1. The zero-order valence-electron chi connectivity index (χ0n) is 22.4. The van der Waals surface area contributed by atoms with Crippen molar-refractivity contribution < 1.29 is 9.53 Å². The number of ether oxygens (including phenoxy) is 1. The zero-order valence-corrected chi connectivity index (χ0v) is 22.4. The molecule has 1 saturated heterocycles. The maximum absolute atomic E-state index is 13.9. The number of fused-ring (bicyclic) bond motifs is 1. The van der Waals surface area contributed by atoms with Crippen molar-refractivity contribution >= 4 is 22.9 Å². The van der Waals surface area contributed by atoms with E-state index in [1.165, 1.54) is 0 Å². The molecule has 2 aromatic heterocycles. The molecule has 1 fully saturated rings. The Labute approximate surface area is 226 Å². The van der Waals surface area contributed by atoms with Gasteiger partial charge in [-0.15, -0.1) is 0 Å². The van der Waals surface area contributed by atoms with Gasteiger partial charge in [-0.3, -0.25) is 13.9 Å². The van der Waals surface area contributed by atoms with E-state index >= 15 is 0 Å². The highest BCUT2D eigenvalue weighted by molar-refractivity contribution is 5.87. The van der Waals surface area contributed by atoms with Crippen molar-refractivity contribution in [2.75, 3.05) is 39.5 Å². The molecular weight excluding hydrogens is 494 g/mol. The van der Waals surface area contributed by atoms with Crippen LogP contribution in [0.2, 0.25) is 0 Å². The topological polar surface area (TPSA) is 112 Å². The standard InChI is InChI=1S/C29H33N7O3/c1-20-31-27(30)26-28(32-20)36(22-15-18-34(19-16-22)25(37)10-7-17-33(2)3)29(38)35(26)21-11-13-24(14-12-21)39-23-8-5-4-6-9-23/h4-14,22H,15-19H2,1-3H3,(H2,30,31,32)/b10-7+. The predicted molar refractivity (Wildman–Crippen MR) is 151 cm³/mol. The van der Waals surface area contributed by atoms with E-state index in [0.29, 0.717) is 60.9 Å². The molecule has 39 heavy (non-hydrogen) atoms. The Kier molecular flexibility index (Phi) is 7.47. The van der Waals surface area contributed by atoms with Gasteiger partial charge in [0.05, 0.1) is 5.69 Å². The molecule has 5 rings (SSSR count). The monoisotopic (exact) mass is 527 g/mol. The summed E-state index contributed by atoms with van der Waals surface area (Å²) in [5.41, 5.74) is 7.75. The van der Waals surface area contributed by atoms with Crippen LogP contribution in [0.4, 0.5) is 5.82 Å². The Morgan fingerprint density at radius 2 is 1.72 bits per heavy atom. The number of nitrogens with two attached hydrogens (primary N) is 1. The fourth-order valence-electron chi connectivity index (χ4n) is 4.92. The lowest BCUT2D eigenvalue weighted by molar-refractivity contribution is -0.127. The number of likely N-dealkylation sites (N-methyl/N-ethyl adjacent to an activating group) is 1. The first-order chi connectivity index (χ1) is 18.8. The molecule has 0 bridgehead atoms. The number of imidazole rings is 1. The number of piperidine rings is 1. The first-order valence-electron chi connectivity index (χ1n) is 13.0. The number of benzene rings is 2. The average molecular weight is 528 g/mol. The van der Waals surface area contributed by atoms with Crippen molar-refractivity contribution in [2.45, 2.75) is 25.8 Å². The van der Waals surface area contributed by atoms with Crippen LogP contribution in [0.5, 0.6) is 11.5 Å². The molecule has 1 aliphatic rings. The normalized spacial score (nSPS) is 14.5. The van der Waals surface area contributed by atoms with Crippen molar-refractivity contribution in [2.24, 2.45) is 0 Å². The second-order valence-corrected chi connectivity index (χ2v) is 9.95. The van der Waals surface area contributed by atoms with Crippen LogP contribution in [-0.2, 0) is 4.79 Å². The molecule has 0 aliphatic carbocycles. The lowest BCUT2D eigenvalue weighted by Crippen LogP contribution is -2.40. The summed E-state index contributed by atoms with van der Waals surface area (Å²) in [5, 5.41) is 0. The average Bonchev–Trinajstić information content (AvgIpc) is 3.21. The molecule has 0 radical (unpaired) electrons. The highest BCUT2D eigenvalue weighted by Gasteiger charge is 2.29. The quantitative estimate of drug-likeness (QED) is 0.366. The second-order valence-electron chi connectivity index (χ2n) is 9.95. The smallest absolute Gasteiger partial charge is 0.335 e. The summed E-state index contributed by atoms with van der Waals surface area (Å²) in [7, 11) is 3.92. The van der Waals surface area contributed by atoms with Gasteiger partial charge in [0.25, 0.3) is 0 Å². The molecule has 0 spiro atoms. The van der Waals surface area contributed by atoms with E-state index in [1.54, 1.807) is 22.1 Å². The Morgan fingerprint density at radius 3 is 2.38 bits per heavy atom. The molecule has 0 atom stereocenters. The zero-order chi connectivity index (χ0) is 27.5. The summed E-state index contributed by atoms with van der Waals surface area (Å²) in [6.45, 7) is 3.58. The van der Waals surface area contributed by atoms with Crippen molar-refractivity contribution in [1.29, 1.82) is 0 Å². The Bertz CT molecular complexity index is 1550. The fraction of sp³-hybridized carbons (Fsp3) is 0.310. The summed E-state index contributed by atoms with van der Waals surface area (Å²) in [5.74, 6) is 2.11. The van der Waals surface area contributed by atoms with Crippen molar-refractivity contribution in [3.05, 3.63) is 83.1 Å². The molecule has 10 heteroatoms. The minimum absolute atomic E-state index is 0.00898. The third-order valence-corrected chi connectivity index (χ3v) is 6.80. The highest BCUT2D eigenvalue weighted by Crippen LogP contribution is 2.29. The fourth-order valence-corrected chi connectivity index (χ4v) is 4.92. The maximum Gasteiger partial charge on any atom is 0.335 e. The third-order valence-electron chi connectivity index (χ3n) is 6.80. The van der Waals surface area contributed by atoms with E-state index in [0.717, 1.165) is 5.75 Å². The first-order valence-corrected chi connectivity index (χ1v) is 13.0. The highest BCUT2D eigenvalue weighted by atomic mass is 16.5. The van der Waals surface area contributed by atoms with Gasteiger partial charge in [0.2, 0.25) is 5.91 Å². The molecule has 1 aliphatic heterocycles. The van der Waals surface area contributed by atoms with Gasteiger partial charge in [0.15, 0.2) is 11.5 Å². The molecule has 4 aromatic rings. The largest absolute Gasteiger partial charge is 0.457 e. The van der Waals surface area contributed by atoms with Crippen LogP contribution in [0.15, 0.2) is 71.5 Å². The van der Waals surface area contributed by atoms with Gasteiger partial charge in [-0.2, -0.15) is 0 Å². The summed E-state index contributed by atoms with van der Waals surface area (Å²) in [6.07, 6.45) is 4.77.